The summed E-state index contributed by atoms with van der Waals surface area (Å²) in [6, 6.07) is 0. The molecule has 1 rings (SSSR count). The number of imidazole rings is 1. The van der Waals surface area contributed by atoms with E-state index in [-0.39, 0.29) is 5.76 Å². The first-order valence-corrected chi connectivity index (χ1v) is 4.36. The molecule has 0 bridgehead atoms. The van der Waals surface area contributed by atoms with Gasteiger partial charge < -0.3 is 5.11 Å². The highest BCUT2D eigenvalue weighted by Gasteiger charge is 2.16. The molecule has 0 saturated heterocycles. The smallest absolute Gasteiger partial charge is 0.332 e. The Morgan fingerprint density at radius 3 is 3.00 bits per heavy atom. The molecule has 3 heteroatoms. The van der Waals surface area contributed by atoms with Gasteiger partial charge in [0, 0.05) is 0 Å². The lowest BCUT2D eigenvalue weighted by molar-refractivity contribution is -0.695. The molecule has 1 heterocycles. The van der Waals surface area contributed by atoms with Crippen molar-refractivity contribution in [1.29, 1.82) is 0 Å². The fourth-order valence-electron chi connectivity index (χ4n) is 1.28. The zero-order chi connectivity index (χ0) is 9.84. The summed E-state index contributed by atoms with van der Waals surface area (Å²) in [4.78, 5) is 0. The molecule has 3 nitrogen and oxygen atoms in total. The Labute approximate surface area is 78.2 Å². The van der Waals surface area contributed by atoms with Gasteiger partial charge in [0.15, 0.2) is 0 Å². The van der Waals surface area contributed by atoms with E-state index in [0.29, 0.717) is 0 Å². The van der Waals surface area contributed by atoms with Gasteiger partial charge in [-0.3, -0.25) is 0 Å². The molecule has 0 aliphatic rings. The fraction of sp³-hybridized carbons (Fsp3) is 0.400. The number of nitrogens with zero attached hydrogens (tertiary/aromatic N) is 2. The van der Waals surface area contributed by atoms with Crippen LogP contribution in [0.4, 0.5) is 0 Å². The molecule has 1 N–H and O–H groups in total. The van der Waals surface area contributed by atoms with Gasteiger partial charge in [-0.2, -0.15) is 0 Å². The summed E-state index contributed by atoms with van der Waals surface area (Å²) in [6.45, 7) is 4.70. The van der Waals surface area contributed by atoms with Crippen molar-refractivity contribution in [1.82, 2.24) is 4.57 Å². The van der Waals surface area contributed by atoms with Gasteiger partial charge >= 0.3 is 5.82 Å². The molecule has 1 aromatic heterocycles. The van der Waals surface area contributed by atoms with Crippen LogP contribution in [-0.2, 0) is 13.6 Å². The van der Waals surface area contributed by atoms with Crippen LogP contribution in [0.1, 0.15) is 19.7 Å². The maximum atomic E-state index is 9.63. The van der Waals surface area contributed by atoms with Crippen molar-refractivity contribution >= 4 is 5.76 Å². The number of aliphatic hydroxyl groups is 1. The summed E-state index contributed by atoms with van der Waals surface area (Å²) < 4.78 is 3.83. The van der Waals surface area contributed by atoms with E-state index in [4.69, 9.17) is 0 Å². The molecule has 0 aromatic carbocycles. The lowest BCUT2D eigenvalue weighted by Gasteiger charge is -1.96. The number of rotatable bonds is 2. The van der Waals surface area contributed by atoms with Crippen molar-refractivity contribution in [2.45, 2.75) is 20.4 Å². The SMILES string of the molecule is CC=C=C(O)c1n(C)cc[n+]1CC. The van der Waals surface area contributed by atoms with Gasteiger partial charge in [0.25, 0.3) is 5.76 Å². The first-order chi connectivity index (χ1) is 6.20. The average molecular weight is 179 g/mol. The molecule has 70 valence electrons. The number of allylic oxidation sites excluding steroid dienone is 1. The maximum Gasteiger partial charge on any atom is 0.332 e. The molecule has 0 aliphatic heterocycles. The lowest BCUT2D eigenvalue weighted by Crippen LogP contribution is -2.35. The van der Waals surface area contributed by atoms with Gasteiger partial charge in [0.05, 0.1) is 13.6 Å². The molecule has 0 atom stereocenters. The Morgan fingerprint density at radius 1 is 1.77 bits per heavy atom. The lowest BCUT2D eigenvalue weighted by atomic mass is 10.4. The minimum Gasteiger partial charge on any atom is -0.495 e. The summed E-state index contributed by atoms with van der Waals surface area (Å²) in [5.74, 6) is 0.956. The molecule has 0 amide bonds. The number of aliphatic hydroxyl groups excluding tert-OH is 1. The van der Waals surface area contributed by atoms with Crippen molar-refractivity contribution in [2.24, 2.45) is 7.05 Å². The van der Waals surface area contributed by atoms with Crippen molar-refractivity contribution in [2.75, 3.05) is 0 Å². The fourth-order valence-corrected chi connectivity index (χ4v) is 1.28. The molecule has 1 aromatic rings. The van der Waals surface area contributed by atoms with E-state index in [1.54, 1.807) is 6.08 Å². The first kappa shape index (κ1) is 9.62. The van der Waals surface area contributed by atoms with Gasteiger partial charge in [0.2, 0.25) is 0 Å². The zero-order valence-electron chi connectivity index (χ0n) is 8.28. The van der Waals surface area contributed by atoms with E-state index in [1.165, 1.54) is 0 Å². The van der Waals surface area contributed by atoms with E-state index in [1.807, 2.05) is 42.4 Å². The summed E-state index contributed by atoms with van der Waals surface area (Å²) in [5, 5.41) is 9.63. The summed E-state index contributed by atoms with van der Waals surface area (Å²) in [6.07, 6.45) is 5.54. The van der Waals surface area contributed by atoms with Crippen LogP contribution in [0.3, 0.4) is 0 Å². The second-order valence-electron chi connectivity index (χ2n) is 2.80. The van der Waals surface area contributed by atoms with E-state index >= 15 is 0 Å². The third kappa shape index (κ3) is 1.82. The molecule has 0 radical (unpaired) electrons. The number of aromatic nitrogens is 2. The topological polar surface area (TPSA) is 29.0 Å². The Hall–Kier alpha value is -1.47. The Kier molecular flexibility index (Phi) is 2.93. The van der Waals surface area contributed by atoms with Crippen LogP contribution >= 0.6 is 0 Å². The van der Waals surface area contributed by atoms with Crippen molar-refractivity contribution in [3.05, 3.63) is 30.0 Å². The predicted octanol–water partition coefficient (Wildman–Crippen LogP) is 1.41. The first-order valence-electron chi connectivity index (χ1n) is 4.36. The van der Waals surface area contributed by atoms with Gasteiger partial charge in [0.1, 0.15) is 12.4 Å². The molecule has 0 fully saturated rings. The summed E-state index contributed by atoms with van der Waals surface area (Å²) >= 11 is 0. The second kappa shape index (κ2) is 3.97. The third-order valence-electron chi connectivity index (χ3n) is 1.91. The van der Waals surface area contributed by atoms with E-state index in [9.17, 15) is 5.11 Å². The van der Waals surface area contributed by atoms with E-state index < -0.39 is 0 Å². The molecule has 0 aliphatic carbocycles. The van der Waals surface area contributed by atoms with Crippen LogP contribution in [0.5, 0.6) is 0 Å². The van der Waals surface area contributed by atoms with Gasteiger partial charge in [-0.1, -0.05) is 5.73 Å². The number of aryl methyl sites for hydroxylation is 2. The Balaban J connectivity index is 3.26. The van der Waals surface area contributed by atoms with Gasteiger partial charge in [-0.05, 0) is 19.9 Å². The normalized spacial score (nSPS) is 9.46. The van der Waals surface area contributed by atoms with Gasteiger partial charge in [-0.25, -0.2) is 9.13 Å². The van der Waals surface area contributed by atoms with Crippen LogP contribution in [0.25, 0.3) is 5.76 Å². The minimum atomic E-state index is 0.178. The molecular weight excluding hydrogens is 164 g/mol. The van der Waals surface area contributed by atoms with Crippen LogP contribution < -0.4 is 4.57 Å². The highest BCUT2D eigenvalue weighted by atomic mass is 16.3. The molecular formula is C10H15N2O+. The van der Waals surface area contributed by atoms with E-state index in [0.717, 1.165) is 12.4 Å². The highest BCUT2D eigenvalue weighted by Crippen LogP contribution is 2.03. The van der Waals surface area contributed by atoms with Crippen LogP contribution in [0, 0.1) is 0 Å². The van der Waals surface area contributed by atoms with Crippen LogP contribution in [0.15, 0.2) is 24.2 Å². The molecule has 13 heavy (non-hydrogen) atoms. The summed E-state index contributed by atoms with van der Waals surface area (Å²) in [7, 11) is 1.90. The second-order valence-corrected chi connectivity index (χ2v) is 2.80. The maximum absolute atomic E-state index is 9.63. The van der Waals surface area contributed by atoms with Crippen LogP contribution in [0.2, 0.25) is 0 Å². The third-order valence-corrected chi connectivity index (χ3v) is 1.91. The molecule has 0 spiro atoms. The molecule has 0 unspecified atom stereocenters. The van der Waals surface area contributed by atoms with Crippen molar-refractivity contribution in [3.63, 3.8) is 0 Å². The largest absolute Gasteiger partial charge is 0.495 e. The van der Waals surface area contributed by atoms with Crippen molar-refractivity contribution < 1.29 is 9.67 Å². The number of hydrogen-bond acceptors (Lipinski definition) is 1. The quantitative estimate of drug-likeness (QED) is 0.415. The standard InChI is InChI=1S/C10H14N2O/c1-4-6-9(13)10-11(3)7-8-12(10)5-2/h4,7-8H,5H2,1-3H3/p+1. The monoisotopic (exact) mass is 179 g/mol. The molecule has 0 saturated carbocycles. The van der Waals surface area contributed by atoms with Crippen LogP contribution in [-0.4, -0.2) is 9.67 Å². The Morgan fingerprint density at radius 2 is 2.46 bits per heavy atom. The van der Waals surface area contributed by atoms with Crippen molar-refractivity contribution in [3.8, 4) is 0 Å². The average Bonchev–Trinajstić information content (AvgIpc) is 2.47. The highest BCUT2D eigenvalue weighted by molar-refractivity contribution is 5.47. The minimum absolute atomic E-state index is 0.178. The summed E-state index contributed by atoms with van der Waals surface area (Å²) in [5.41, 5.74) is 2.77. The Bertz CT molecular complexity index is 357. The van der Waals surface area contributed by atoms with E-state index in [2.05, 4.69) is 5.73 Å². The number of hydrogen-bond donors (Lipinski definition) is 1. The predicted molar refractivity (Wildman–Crippen MR) is 51.1 cm³/mol. The zero-order valence-corrected chi connectivity index (χ0v) is 8.28. The van der Waals surface area contributed by atoms with Gasteiger partial charge in [-0.15, -0.1) is 0 Å².